The minimum Gasteiger partial charge on any atom is -0.481 e. The maximum absolute atomic E-state index is 11.8. The number of fused-ring (bicyclic) bond motifs is 1. The number of carbonyl (C=O) groups excluding carboxylic acids is 2. The second-order valence-electron chi connectivity index (χ2n) is 3.77. The highest BCUT2D eigenvalue weighted by atomic mass is 32.1. The van der Waals surface area contributed by atoms with E-state index in [0.717, 1.165) is 11.3 Å². The molecule has 1 heterocycles. The first-order chi connectivity index (χ1) is 8.99. The molecule has 1 unspecified atom stereocenters. The van der Waals surface area contributed by atoms with Gasteiger partial charge in [-0.15, -0.1) is 13.2 Å². The molecule has 1 atom stereocenters. The summed E-state index contributed by atoms with van der Waals surface area (Å²) in [4.78, 5) is 38.0. The Kier molecular flexibility index (Phi) is 4.94. The molecule has 2 N–H and O–H groups in total. The van der Waals surface area contributed by atoms with Gasteiger partial charge in [0, 0.05) is 6.92 Å². The lowest BCUT2D eigenvalue weighted by Gasteiger charge is -2.15. The number of rotatable bonds is 2. The molecule has 0 aliphatic heterocycles. The summed E-state index contributed by atoms with van der Waals surface area (Å²) in [5.74, 6) is -2.76. The number of anilines is 1. The second-order valence-corrected chi connectivity index (χ2v) is 4.77. The Hall–Kier alpha value is -2.02. The van der Waals surface area contributed by atoms with E-state index in [1.54, 1.807) is 0 Å². The molecular formula is C12H14N2O4S. The van der Waals surface area contributed by atoms with E-state index in [1.807, 2.05) is 0 Å². The van der Waals surface area contributed by atoms with Crippen molar-refractivity contribution in [3.63, 3.8) is 0 Å². The first-order valence-electron chi connectivity index (χ1n) is 5.53. The highest BCUT2D eigenvalue weighted by Crippen LogP contribution is 2.32. The molecule has 0 fully saturated rings. The van der Waals surface area contributed by atoms with Gasteiger partial charge in [0.15, 0.2) is 10.9 Å². The molecule has 2 rings (SSSR count). The van der Waals surface area contributed by atoms with Crippen LogP contribution in [-0.2, 0) is 16.0 Å². The van der Waals surface area contributed by atoms with Crippen molar-refractivity contribution >= 4 is 34.1 Å². The molecule has 102 valence electrons. The van der Waals surface area contributed by atoms with Crippen molar-refractivity contribution in [1.82, 2.24) is 4.98 Å². The van der Waals surface area contributed by atoms with Gasteiger partial charge in [-0.1, -0.05) is 11.3 Å². The van der Waals surface area contributed by atoms with Gasteiger partial charge in [0.2, 0.25) is 5.91 Å². The minimum atomic E-state index is -1.10. The number of Topliss-reactive ketones (excluding diaryl/α,β-unsaturated/α-hetero) is 1. The molecule has 1 aromatic heterocycles. The summed E-state index contributed by atoms with van der Waals surface area (Å²) >= 11 is 1.04. The third kappa shape index (κ3) is 3.25. The molecule has 19 heavy (non-hydrogen) atoms. The van der Waals surface area contributed by atoms with Crippen LogP contribution in [0.3, 0.4) is 0 Å². The third-order valence-corrected chi connectivity index (χ3v) is 3.52. The number of carboxylic acids is 1. The first kappa shape index (κ1) is 15.0. The summed E-state index contributed by atoms with van der Waals surface area (Å²) in [7, 11) is 0. The predicted octanol–water partition coefficient (Wildman–Crippen LogP) is 1.73. The van der Waals surface area contributed by atoms with Gasteiger partial charge in [-0.2, -0.15) is 0 Å². The summed E-state index contributed by atoms with van der Waals surface area (Å²) in [6.45, 7) is 7.35. The van der Waals surface area contributed by atoms with Crippen molar-refractivity contribution in [1.29, 1.82) is 0 Å². The highest BCUT2D eigenvalue weighted by Gasteiger charge is 2.35. The fraction of sp³-hybridized carbons (Fsp3) is 0.333. The Morgan fingerprint density at radius 3 is 2.63 bits per heavy atom. The maximum Gasteiger partial charge on any atom is 0.314 e. The lowest BCUT2D eigenvalue weighted by molar-refractivity contribution is -0.140. The Labute approximate surface area is 114 Å². The maximum atomic E-state index is 11.8. The fourth-order valence-corrected chi connectivity index (χ4v) is 2.78. The van der Waals surface area contributed by atoms with Crippen molar-refractivity contribution in [2.24, 2.45) is 5.92 Å². The number of carbonyl (C=O) groups is 3. The molecule has 0 saturated heterocycles. The number of hydrogen-bond donors (Lipinski definition) is 2. The number of aryl methyl sites for hydroxylation is 1. The van der Waals surface area contributed by atoms with Crippen LogP contribution in [0.2, 0.25) is 0 Å². The van der Waals surface area contributed by atoms with E-state index in [9.17, 15) is 14.4 Å². The van der Waals surface area contributed by atoms with Crippen LogP contribution in [0.5, 0.6) is 0 Å². The number of aromatic nitrogens is 1. The standard InChI is InChI=1S/C10H10N2O4S.C2H4/c1-4(13)11-10-12-6-3-2-5(9(15)16)7(14)8(6)17-10;1-2/h5H,2-3H2,1H3,(H,15,16)(H,11,12,13);1-2H2. The largest absolute Gasteiger partial charge is 0.481 e. The number of amides is 1. The normalized spacial score (nSPS) is 16.9. The van der Waals surface area contributed by atoms with Crippen LogP contribution in [0.15, 0.2) is 13.2 Å². The van der Waals surface area contributed by atoms with Crippen LogP contribution in [0, 0.1) is 5.92 Å². The Bertz CT molecular complexity index is 524. The summed E-state index contributed by atoms with van der Waals surface area (Å²) in [6, 6.07) is 0. The SMILES string of the molecule is C=C.CC(=O)Nc1nc2c(s1)C(=O)C(C(=O)O)CC2. The molecular weight excluding hydrogens is 268 g/mol. The van der Waals surface area contributed by atoms with Crippen LogP contribution in [-0.4, -0.2) is 27.8 Å². The van der Waals surface area contributed by atoms with Crippen LogP contribution in [0.1, 0.15) is 28.7 Å². The Balaban J connectivity index is 0.000000861. The Morgan fingerprint density at radius 2 is 2.11 bits per heavy atom. The van der Waals surface area contributed by atoms with Gasteiger partial charge in [0.05, 0.1) is 10.6 Å². The lowest BCUT2D eigenvalue weighted by Crippen LogP contribution is -2.28. The Morgan fingerprint density at radius 1 is 1.47 bits per heavy atom. The van der Waals surface area contributed by atoms with E-state index in [1.165, 1.54) is 6.92 Å². The summed E-state index contributed by atoms with van der Waals surface area (Å²) in [5.41, 5.74) is 0.584. The molecule has 1 amide bonds. The van der Waals surface area contributed by atoms with Gasteiger partial charge >= 0.3 is 5.97 Å². The van der Waals surface area contributed by atoms with Crippen molar-refractivity contribution in [3.8, 4) is 0 Å². The minimum absolute atomic E-state index is 0.265. The molecule has 6 nitrogen and oxygen atoms in total. The van der Waals surface area contributed by atoms with Crippen molar-refractivity contribution in [3.05, 3.63) is 23.7 Å². The molecule has 0 radical (unpaired) electrons. The molecule has 1 aliphatic rings. The second kappa shape index (κ2) is 6.24. The monoisotopic (exact) mass is 282 g/mol. The molecule has 0 bridgehead atoms. The lowest BCUT2D eigenvalue weighted by atomic mass is 9.90. The zero-order valence-electron chi connectivity index (χ0n) is 10.4. The van der Waals surface area contributed by atoms with E-state index in [4.69, 9.17) is 5.11 Å². The number of aliphatic carboxylic acids is 1. The van der Waals surface area contributed by atoms with E-state index in [-0.39, 0.29) is 12.3 Å². The molecule has 0 saturated carbocycles. The zero-order chi connectivity index (χ0) is 14.6. The third-order valence-electron chi connectivity index (χ3n) is 2.49. The number of nitrogens with zero attached hydrogens (tertiary/aromatic N) is 1. The van der Waals surface area contributed by atoms with Crippen molar-refractivity contribution < 1.29 is 19.5 Å². The van der Waals surface area contributed by atoms with Crippen LogP contribution >= 0.6 is 11.3 Å². The van der Waals surface area contributed by atoms with Crippen LogP contribution in [0.4, 0.5) is 5.13 Å². The van der Waals surface area contributed by atoms with Crippen LogP contribution < -0.4 is 5.32 Å². The van der Waals surface area contributed by atoms with E-state index < -0.39 is 17.7 Å². The summed E-state index contributed by atoms with van der Waals surface area (Å²) in [5, 5.41) is 11.7. The number of ketones is 1. The van der Waals surface area contributed by atoms with Gasteiger partial charge in [0.25, 0.3) is 0 Å². The predicted molar refractivity (Wildman–Crippen MR) is 71.4 cm³/mol. The average Bonchev–Trinajstić information content (AvgIpc) is 2.74. The molecule has 0 spiro atoms. The van der Waals surface area contributed by atoms with Crippen molar-refractivity contribution in [2.45, 2.75) is 19.8 Å². The first-order valence-corrected chi connectivity index (χ1v) is 6.35. The fourth-order valence-electron chi connectivity index (χ4n) is 1.72. The molecule has 7 heteroatoms. The number of nitrogens with one attached hydrogen (secondary N) is 1. The zero-order valence-corrected chi connectivity index (χ0v) is 11.2. The average molecular weight is 282 g/mol. The number of carboxylic acid groups (broad SMARTS) is 1. The quantitative estimate of drug-likeness (QED) is 0.636. The topological polar surface area (TPSA) is 96.4 Å². The summed E-state index contributed by atoms with van der Waals surface area (Å²) in [6.07, 6.45) is 0.721. The smallest absolute Gasteiger partial charge is 0.314 e. The number of thiazole rings is 1. The molecule has 1 aliphatic carbocycles. The van der Waals surface area contributed by atoms with Crippen molar-refractivity contribution in [2.75, 3.05) is 5.32 Å². The summed E-state index contributed by atoms with van der Waals surface area (Å²) < 4.78 is 0. The number of hydrogen-bond acceptors (Lipinski definition) is 5. The van der Waals surface area contributed by atoms with Gasteiger partial charge in [-0.25, -0.2) is 4.98 Å². The van der Waals surface area contributed by atoms with Gasteiger partial charge in [0.1, 0.15) is 5.92 Å². The van der Waals surface area contributed by atoms with Gasteiger partial charge in [-0.3, -0.25) is 14.4 Å². The van der Waals surface area contributed by atoms with Gasteiger partial charge < -0.3 is 10.4 Å². The van der Waals surface area contributed by atoms with E-state index >= 15 is 0 Å². The molecule has 0 aromatic carbocycles. The molecule has 1 aromatic rings. The highest BCUT2D eigenvalue weighted by molar-refractivity contribution is 7.17. The van der Waals surface area contributed by atoms with E-state index in [0.29, 0.717) is 22.1 Å². The van der Waals surface area contributed by atoms with Crippen LogP contribution in [0.25, 0.3) is 0 Å². The van der Waals surface area contributed by atoms with Gasteiger partial charge in [-0.05, 0) is 12.8 Å². The van der Waals surface area contributed by atoms with E-state index in [2.05, 4.69) is 23.5 Å².